The van der Waals surface area contributed by atoms with Gasteiger partial charge in [-0.2, -0.15) is 5.10 Å². The summed E-state index contributed by atoms with van der Waals surface area (Å²) in [5, 5.41) is 4.75. The summed E-state index contributed by atoms with van der Waals surface area (Å²) in [5.74, 6) is 0. The summed E-state index contributed by atoms with van der Waals surface area (Å²) in [5.41, 5.74) is 3.45. The van der Waals surface area contributed by atoms with Crippen molar-refractivity contribution in [3.8, 4) is 0 Å². The third-order valence-corrected chi connectivity index (χ3v) is 3.59. The van der Waals surface area contributed by atoms with E-state index in [4.69, 9.17) is 5.10 Å². The highest BCUT2D eigenvalue weighted by atomic mass is 15.3. The van der Waals surface area contributed by atoms with Crippen molar-refractivity contribution in [3.63, 3.8) is 0 Å². The average molecular weight is 265 g/mol. The second-order valence-corrected chi connectivity index (χ2v) is 5.00. The van der Waals surface area contributed by atoms with Gasteiger partial charge in [0.15, 0.2) is 0 Å². The summed E-state index contributed by atoms with van der Waals surface area (Å²) in [6, 6.07) is 2.19. The van der Waals surface area contributed by atoms with E-state index < -0.39 is 0 Å². The number of hydrogen-bond donors (Lipinski definition) is 0. The molecule has 0 aromatic carbocycles. The molecule has 0 unspecified atom stereocenters. The molecule has 3 rings (SSSR count). The fourth-order valence-electron chi connectivity index (χ4n) is 2.52. The van der Waals surface area contributed by atoms with Crippen molar-refractivity contribution in [1.29, 1.82) is 0 Å². The molecule has 1 aliphatic carbocycles. The van der Waals surface area contributed by atoms with Crippen LogP contribution in [0, 0.1) is 0 Å². The van der Waals surface area contributed by atoms with Gasteiger partial charge in [0.05, 0.1) is 17.9 Å². The van der Waals surface area contributed by atoms with E-state index in [2.05, 4.69) is 46.5 Å². The van der Waals surface area contributed by atoms with Crippen molar-refractivity contribution in [1.82, 2.24) is 14.7 Å². The smallest absolute Gasteiger partial charge is 0.0926 e. The highest BCUT2D eigenvalue weighted by Gasteiger charge is 2.15. The molecule has 1 aliphatic heterocycles. The van der Waals surface area contributed by atoms with Crippen LogP contribution in [-0.4, -0.2) is 21.2 Å². The number of aromatic nitrogens is 2. The summed E-state index contributed by atoms with van der Waals surface area (Å²) in [6.07, 6.45) is 17.4. The highest BCUT2D eigenvalue weighted by molar-refractivity contribution is 5.73. The second-order valence-electron chi connectivity index (χ2n) is 5.00. The van der Waals surface area contributed by atoms with Gasteiger partial charge in [-0.25, -0.2) is 0 Å². The lowest BCUT2D eigenvalue weighted by atomic mass is 10.1. The summed E-state index contributed by atoms with van der Waals surface area (Å²) < 4.78 is 2.13. The van der Waals surface area contributed by atoms with E-state index in [9.17, 15) is 0 Å². The maximum atomic E-state index is 4.75. The summed E-state index contributed by atoms with van der Waals surface area (Å²) in [7, 11) is 0. The highest BCUT2D eigenvalue weighted by Crippen LogP contribution is 2.20. The van der Waals surface area contributed by atoms with E-state index in [1.165, 1.54) is 5.69 Å². The van der Waals surface area contributed by atoms with Gasteiger partial charge in [0.1, 0.15) is 0 Å². The Bertz CT molecular complexity index is 614. The molecule has 0 saturated heterocycles. The molecular formula is C17H19N3. The lowest BCUT2D eigenvalue weighted by Crippen LogP contribution is -2.15. The lowest BCUT2D eigenvalue weighted by Gasteiger charge is -2.15. The topological polar surface area (TPSA) is 21.1 Å². The van der Waals surface area contributed by atoms with E-state index in [0.29, 0.717) is 0 Å². The molecule has 0 N–H and O–H groups in total. The van der Waals surface area contributed by atoms with Gasteiger partial charge in [0, 0.05) is 18.7 Å². The van der Waals surface area contributed by atoms with Gasteiger partial charge in [-0.3, -0.25) is 4.68 Å². The number of fused-ring (bicyclic) bond motifs is 1. The van der Waals surface area contributed by atoms with E-state index in [-0.39, 0.29) is 0 Å². The van der Waals surface area contributed by atoms with Crippen LogP contribution in [0.5, 0.6) is 0 Å². The minimum absolute atomic E-state index is 0.892. The van der Waals surface area contributed by atoms with Gasteiger partial charge in [-0.15, -0.1) is 0 Å². The summed E-state index contributed by atoms with van der Waals surface area (Å²) >= 11 is 0. The minimum atomic E-state index is 0.892. The van der Waals surface area contributed by atoms with Crippen LogP contribution in [0.1, 0.15) is 17.8 Å². The zero-order valence-electron chi connectivity index (χ0n) is 11.6. The number of nitrogens with zero attached hydrogens (tertiary/aromatic N) is 3. The van der Waals surface area contributed by atoms with Crippen molar-refractivity contribution in [2.75, 3.05) is 6.54 Å². The molecule has 0 amide bonds. The van der Waals surface area contributed by atoms with Crippen molar-refractivity contribution < 1.29 is 0 Å². The fraction of sp³-hybridized carbons (Fsp3) is 0.235. The molecule has 1 aromatic heterocycles. The van der Waals surface area contributed by atoms with E-state index in [0.717, 1.165) is 37.3 Å². The maximum Gasteiger partial charge on any atom is 0.0926 e. The first kappa shape index (κ1) is 12.7. The van der Waals surface area contributed by atoms with E-state index in [1.807, 2.05) is 24.4 Å². The van der Waals surface area contributed by atoms with Gasteiger partial charge in [0.2, 0.25) is 0 Å². The molecule has 20 heavy (non-hydrogen) atoms. The predicted octanol–water partition coefficient (Wildman–Crippen LogP) is 3.30. The zero-order valence-corrected chi connectivity index (χ0v) is 11.6. The molecule has 0 atom stereocenters. The largest absolute Gasteiger partial charge is 0.372 e. The molecule has 3 heteroatoms. The van der Waals surface area contributed by atoms with Crippen molar-refractivity contribution in [2.45, 2.75) is 19.5 Å². The molecule has 0 fully saturated rings. The Labute approximate surface area is 119 Å². The molecule has 0 radical (unpaired) electrons. The van der Waals surface area contributed by atoms with Gasteiger partial charge < -0.3 is 4.90 Å². The summed E-state index contributed by atoms with van der Waals surface area (Å²) in [4.78, 5) is 2.25. The van der Waals surface area contributed by atoms with Gasteiger partial charge in [-0.05, 0) is 18.7 Å². The molecular weight excluding hydrogens is 246 g/mol. The predicted molar refractivity (Wildman–Crippen MR) is 82.8 cm³/mol. The fourth-order valence-corrected chi connectivity index (χ4v) is 2.52. The molecule has 102 valence electrons. The molecule has 0 saturated carbocycles. The van der Waals surface area contributed by atoms with Crippen LogP contribution >= 0.6 is 0 Å². The number of rotatable bonds is 2. The Balaban J connectivity index is 1.91. The van der Waals surface area contributed by atoms with Crippen LogP contribution in [0.4, 0.5) is 0 Å². The second kappa shape index (κ2) is 5.78. The lowest BCUT2D eigenvalue weighted by molar-refractivity contribution is 0.375. The Morgan fingerprint density at radius 2 is 1.95 bits per heavy atom. The first-order chi connectivity index (χ1) is 9.86. The van der Waals surface area contributed by atoms with E-state index >= 15 is 0 Å². The normalized spacial score (nSPS) is 25.4. The SMILES string of the molecule is C=CN1CCCn2nc(C3=C/C=C\C=C/C=C\3)cc2C1. The Morgan fingerprint density at radius 3 is 2.85 bits per heavy atom. The Hall–Kier alpha value is -2.29. The molecule has 0 spiro atoms. The van der Waals surface area contributed by atoms with Gasteiger partial charge >= 0.3 is 0 Å². The molecule has 1 aromatic rings. The zero-order chi connectivity index (χ0) is 13.8. The first-order valence-electron chi connectivity index (χ1n) is 7.02. The van der Waals surface area contributed by atoms with Crippen LogP contribution in [0.15, 0.2) is 61.4 Å². The third-order valence-electron chi connectivity index (χ3n) is 3.59. The van der Waals surface area contributed by atoms with Crippen LogP contribution in [-0.2, 0) is 13.1 Å². The Kier molecular flexibility index (Phi) is 3.68. The molecule has 0 bridgehead atoms. The molecule has 2 aliphatic rings. The molecule has 2 heterocycles. The van der Waals surface area contributed by atoms with Crippen molar-refractivity contribution in [3.05, 3.63) is 72.8 Å². The average Bonchev–Trinajstić information content (AvgIpc) is 2.70. The van der Waals surface area contributed by atoms with Crippen LogP contribution < -0.4 is 0 Å². The van der Waals surface area contributed by atoms with Crippen molar-refractivity contribution >= 4 is 5.57 Å². The Morgan fingerprint density at radius 1 is 1.10 bits per heavy atom. The van der Waals surface area contributed by atoms with Gasteiger partial charge in [0.25, 0.3) is 0 Å². The number of aryl methyl sites for hydroxylation is 1. The van der Waals surface area contributed by atoms with Crippen LogP contribution in [0.25, 0.3) is 5.57 Å². The summed E-state index contributed by atoms with van der Waals surface area (Å²) in [6.45, 7) is 6.80. The maximum absolute atomic E-state index is 4.75. The van der Waals surface area contributed by atoms with E-state index in [1.54, 1.807) is 0 Å². The van der Waals surface area contributed by atoms with Crippen molar-refractivity contribution in [2.24, 2.45) is 0 Å². The monoisotopic (exact) mass is 265 g/mol. The van der Waals surface area contributed by atoms with Crippen LogP contribution in [0.2, 0.25) is 0 Å². The third kappa shape index (κ3) is 2.67. The van der Waals surface area contributed by atoms with Crippen LogP contribution in [0.3, 0.4) is 0 Å². The quantitative estimate of drug-likeness (QED) is 0.818. The van der Waals surface area contributed by atoms with Gasteiger partial charge in [-0.1, -0.05) is 49.1 Å². The minimum Gasteiger partial charge on any atom is -0.372 e. The number of allylic oxidation sites excluding steroid dienone is 8. The number of hydrogen-bond acceptors (Lipinski definition) is 2. The molecule has 3 nitrogen and oxygen atoms in total. The standard InChI is InChI=1S/C17H19N3/c1-2-19-11-8-12-20-16(14-19)13-17(18-20)15-9-6-4-3-5-7-10-15/h2-7,9-10,13H,1,8,11-12,14H2/b4-3-,5-3?,6-4?,7-5-,9-6-,10-7?,15-9?,15-10+. The first-order valence-corrected chi connectivity index (χ1v) is 7.02.